The zero-order valence-electron chi connectivity index (χ0n) is 14.9. The smallest absolute Gasteiger partial charge is 0.187 e. The van der Waals surface area contributed by atoms with Gasteiger partial charge in [0.15, 0.2) is 5.11 Å². The summed E-state index contributed by atoms with van der Waals surface area (Å²) in [6.45, 7) is 7.64. The fraction of sp³-hybridized carbons (Fsp3) is 0.389. The number of imidazole rings is 1. The first kappa shape index (κ1) is 18.5. The highest BCUT2D eigenvalue weighted by Gasteiger charge is 2.12. The number of thiocarbonyl (C=S) groups is 1. The Morgan fingerprint density at radius 2 is 2.08 bits per heavy atom. The summed E-state index contributed by atoms with van der Waals surface area (Å²) in [5, 5.41) is 8.12. The molecule has 1 fully saturated rings. The zero-order valence-corrected chi connectivity index (χ0v) is 15.8. The van der Waals surface area contributed by atoms with E-state index in [1.54, 1.807) is 17.4 Å². The predicted octanol–water partition coefficient (Wildman–Crippen LogP) is -0.0245. The molecule has 1 aromatic heterocycles. The largest absolute Gasteiger partial charge is 0.370 e. The van der Waals surface area contributed by atoms with Crippen molar-refractivity contribution in [2.24, 2.45) is 5.10 Å². The Morgan fingerprint density at radius 3 is 2.77 bits per heavy atom. The highest BCUT2D eigenvalue weighted by atomic mass is 32.1. The maximum atomic E-state index is 5.36. The Labute approximate surface area is 159 Å². The van der Waals surface area contributed by atoms with Crippen LogP contribution in [0.1, 0.15) is 12.5 Å². The lowest BCUT2D eigenvalue weighted by Crippen LogP contribution is -3.14. The van der Waals surface area contributed by atoms with Gasteiger partial charge in [-0.05, 0) is 36.8 Å². The van der Waals surface area contributed by atoms with E-state index in [4.69, 9.17) is 17.0 Å². The first-order valence-electron chi connectivity index (χ1n) is 8.80. The van der Waals surface area contributed by atoms with Gasteiger partial charge in [0.25, 0.3) is 0 Å². The van der Waals surface area contributed by atoms with Crippen molar-refractivity contribution < 1.29 is 9.64 Å². The van der Waals surface area contributed by atoms with Crippen molar-refractivity contribution in [2.75, 3.05) is 39.4 Å². The summed E-state index contributed by atoms with van der Waals surface area (Å²) in [6.07, 6.45) is 5.46. The van der Waals surface area contributed by atoms with Gasteiger partial charge in [-0.25, -0.2) is 4.98 Å². The highest BCUT2D eigenvalue weighted by Crippen LogP contribution is 2.09. The summed E-state index contributed by atoms with van der Waals surface area (Å²) in [5.41, 5.74) is 5.91. The van der Waals surface area contributed by atoms with Crippen molar-refractivity contribution in [3.8, 4) is 5.69 Å². The van der Waals surface area contributed by atoms with Crippen LogP contribution in [0.4, 0.5) is 0 Å². The van der Waals surface area contributed by atoms with E-state index in [2.05, 4.69) is 20.8 Å². The molecule has 1 aromatic carbocycles. The molecule has 0 aliphatic carbocycles. The number of morpholine rings is 1. The number of hydrazone groups is 1. The summed E-state index contributed by atoms with van der Waals surface area (Å²) in [7, 11) is 0. The maximum Gasteiger partial charge on any atom is 0.187 e. The first-order valence-corrected chi connectivity index (χ1v) is 9.21. The summed E-state index contributed by atoms with van der Waals surface area (Å²) in [5.74, 6) is 0. The molecule has 26 heavy (non-hydrogen) atoms. The normalized spacial score (nSPS) is 15.7. The predicted molar refractivity (Wildman–Crippen MR) is 106 cm³/mol. The van der Waals surface area contributed by atoms with E-state index in [1.165, 1.54) is 0 Å². The molecular formula is C18H25N6OS+. The van der Waals surface area contributed by atoms with E-state index in [0.29, 0.717) is 5.11 Å². The third-order valence-corrected chi connectivity index (χ3v) is 4.61. The monoisotopic (exact) mass is 373 g/mol. The van der Waals surface area contributed by atoms with Crippen molar-refractivity contribution in [1.82, 2.24) is 20.3 Å². The number of quaternary nitrogens is 1. The van der Waals surface area contributed by atoms with E-state index in [0.717, 1.165) is 56.4 Å². The quantitative estimate of drug-likeness (QED) is 0.377. The minimum absolute atomic E-state index is 0.548. The minimum Gasteiger partial charge on any atom is -0.370 e. The molecule has 3 rings (SSSR count). The summed E-state index contributed by atoms with van der Waals surface area (Å²) in [6, 6.07) is 8.15. The van der Waals surface area contributed by atoms with Gasteiger partial charge >= 0.3 is 0 Å². The Bertz CT molecular complexity index is 723. The average molecular weight is 374 g/mol. The molecule has 1 aliphatic heterocycles. The van der Waals surface area contributed by atoms with Crippen LogP contribution in [0.5, 0.6) is 0 Å². The second kappa shape index (κ2) is 9.42. The molecule has 1 aliphatic rings. The number of rotatable bonds is 6. The highest BCUT2D eigenvalue weighted by molar-refractivity contribution is 7.80. The molecule has 8 heteroatoms. The van der Waals surface area contributed by atoms with Gasteiger partial charge in [-0.15, -0.1) is 0 Å². The van der Waals surface area contributed by atoms with Crippen molar-refractivity contribution in [1.29, 1.82) is 0 Å². The lowest BCUT2D eigenvalue weighted by atomic mass is 10.1. The van der Waals surface area contributed by atoms with Gasteiger partial charge in [0.2, 0.25) is 0 Å². The molecule has 0 atom stereocenters. The van der Waals surface area contributed by atoms with Gasteiger partial charge < -0.3 is 19.5 Å². The van der Waals surface area contributed by atoms with Crippen LogP contribution < -0.4 is 15.6 Å². The van der Waals surface area contributed by atoms with Crippen LogP contribution >= 0.6 is 12.2 Å². The van der Waals surface area contributed by atoms with Gasteiger partial charge in [0.05, 0.1) is 38.3 Å². The lowest BCUT2D eigenvalue weighted by Gasteiger charge is -2.23. The molecule has 0 radical (unpaired) electrons. The molecule has 2 heterocycles. The fourth-order valence-electron chi connectivity index (χ4n) is 2.79. The number of nitrogens with zero attached hydrogens (tertiary/aromatic N) is 3. The summed E-state index contributed by atoms with van der Waals surface area (Å²) >= 11 is 5.29. The Morgan fingerprint density at radius 1 is 1.31 bits per heavy atom. The van der Waals surface area contributed by atoms with Gasteiger partial charge in [0, 0.05) is 18.1 Å². The second-order valence-electron chi connectivity index (χ2n) is 6.19. The molecule has 3 N–H and O–H groups in total. The zero-order chi connectivity index (χ0) is 18.2. The van der Waals surface area contributed by atoms with E-state index >= 15 is 0 Å². The molecule has 7 nitrogen and oxygen atoms in total. The Balaban J connectivity index is 1.44. The van der Waals surface area contributed by atoms with Gasteiger partial charge in [0.1, 0.15) is 13.1 Å². The van der Waals surface area contributed by atoms with Gasteiger partial charge in [-0.3, -0.25) is 5.43 Å². The van der Waals surface area contributed by atoms with E-state index in [-0.39, 0.29) is 0 Å². The van der Waals surface area contributed by atoms with Crippen LogP contribution in [0.25, 0.3) is 5.69 Å². The topological polar surface area (TPSA) is 67.9 Å². The van der Waals surface area contributed by atoms with Crippen LogP contribution in [0, 0.1) is 0 Å². The summed E-state index contributed by atoms with van der Waals surface area (Å²) in [4.78, 5) is 5.60. The molecule has 0 bridgehead atoms. The van der Waals surface area contributed by atoms with Gasteiger partial charge in [-0.2, -0.15) is 5.10 Å². The lowest BCUT2D eigenvalue weighted by molar-refractivity contribution is -0.906. The van der Waals surface area contributed by atoms with E-state index < -0.39 is 0 Å². The fourth-order valence-corrected chi connectivity index (χ4v) is 2.94. The molecule has 1 saturated heterocycles. The van der Waals surface area contributed by atoms with E-state index in [1.807, 2.05) is 42.0 Å². The molecule has 2 aromatic rings. The molecule has 0 spiro atoms. The molecule has 0 amide bonds. The van der Waals surface area contributed by atoms with Crippen LogP contribution in [0.3, 0.4) is 0 Å². The van der Waals surface area contributed by atoms with Gasteiger partial charge in [-0.1, -0.05) is 12.1 Å². The summed E-state index contributed by atoms with van der Waals surface area (Å²) < 4.78 is 7.32. The van der Waals surface area contributed by atoms with Crippen molar-refractivity contribution in [3.63, 3.8) is 0 Å². The average Bonchev–Trinajstić information content (AvgIpc) is 3.22. The molecule has 0 unspecified atom stereocenters. The third kappa shape index (κ3) is 5.35. The van der Waals surface area contributed by atoms with Crippen molar-refractivity contribution in [3.05, 3.63) is 48.5 Å². The molecule has 0 saturated carbocycles. The van der Waals surface area contributed by atoms with Crippen LogP contribution in [-0.4, -0.2) is 59.8 Å². The van der Waals surface area contributed by atoms with Crippen molar-refractivity contribution >= 4 is 23.0 Å². The number of hydrogen-bond donors (Lipinski definition) is 3. The second-order valence-corrected chi connectivity index (χ2v) is 6.60. The number of benzene rings is 1. The number of aromatic nitrogens is 2. The maximum absolute atomic E-state index is 5.36. The van der Waals surface area contributed by atoms with E-state index in [9.17, 15) is 0 Å². The Kier molecular flexibility index (Phi) is 6.70. The third-order valence-electron chi connectivity index (χ3n) is 4.38. The standard InChI is InChI=1S/C18H24N6OS/c1-15(16-2-4-17(5-3-16)24-9-6-19-14-24)21-22-18(26)20-7-8-23-10-12-25-13-11-23/h2-6,9,14H,7-8,10-13H2,1H3,(H2,20,22,26)/p+1/b21-15-. The molecule has 138 valence electrons. The van der Waals surface area contributed by atoms with Crippen LogP contribution in [0.15, 0.2) is 48.1 Å². The molecular weight excluding hydrogens is 348 g/mol. The van der Waals surface area contributed by atoms with Crippen molar-refractivity contribution in [2.45, 2.75) is 6.92 Å². The minimum atomic E-state index is 0.548. The first-order chi connectivity index (χ1) is 12.7. The number of hydrogen-bond acceptors (Lipinski definition) is 4. The number of nitrogens with one attached hydrogen (secondary N) is 3. The number of ether oxygens (including phenoxy) is 1. The van der Waals surface area contributed by atoms with Crippen LogP contribution in [0.2, 0.25) is 0 Å². The van der Waals surface area contributed by atoms with Crippen LogP contribution in [-0.2, 0) is 4.74 Å². The SMILES string of the molecule is C/C(=N/NC(=S)NCC[NH+]1CCOCC1)c1ccc(-n2ccnc2)cc1. The Hall–Kier alpha value is -2.29.